The summed E-state index contributed by atoms with van der Waals surface area (Å²) < 4.78 is 21.7. The monoisotopic (exact) mass is 194 g/mol. The zero-order valence-corrected chi connectivity index (χ0v) is 8.72. The molecule has 0 bridgehead atoms. The molecule has 0 amide bonds. The minimum absolute atomic E-state index is 0.325. The van der Waals surface area contributed by atoms with Gasteiger partial charge in [0.05, 0.1) is 5.60 Å². The van der Waals surface area contributed by atoms with Crippen LogP contribution in [0, 0.1) is 0 Å². The fourth-order valence-electron chi connectivity index (χ4n) is 1.59. The summed E-state index contributed by atoms with van der Waals surface area (Å²) in [5, 5.41) is 8.38. The van der Waals surface area contributed by atoms with E-state index in [2.05, 4.69) is 0 Å². The molecule has 0 aromatic rings. The van der Waals surface area contributed by atoms with Crippen LogP contribution >= 0.6 is 7.60 Å². The van der Waals surface area contributed by atoms with Crippen molar-refractivity contribution < 1.29 is 18.7 Å². The third kappa shape index (κ3) is 1.44. The molecule has 1 aliphatic rings. The van der Waals surface area contributed by atoms with Gasteiger partial charge in [-0.2, -0.15) is 0 Å². The normalized spacial score (nSPS) is 46.4. The smallest absolute Gasteiger partial charge is 0.361 e. The molecule has 1 fully saturated rings. The fraction of sp³-hybridized carbons (Fsp3) is 1.00. The molecule has 0 saturated carbocycles. The highest BCUT2D eigenvalue weighted by Gasteiger charge is 2.57. The number of aliphatic hydroxyl groups is 1. The molecule has 1 saturated heterocycles. The fourth-order valence-corrected chi connectivity index (χ4v) is 3.55. The molecule has 12 heavy (non-hydrogen) atoms. The molecule has 0 aliphatic carbocycles. The van der Waals surface area contributed by atoms with Crippen molar-refractivity contribution in [2.75, 3.05) is 7.11 Å². The van der Waals surface area contributed by atoms with Gasteiger partial charge in [-0.05, 0) is 20.8 Å². The molecule has 0 aromatic heterocycles. The number of rotatable bonds is 1. The van der Waals surface area contributed by atoms with E-state index in [4.69, 9.17) is 9.05 Å². The van der Waals surface area contributed by atoms with Crippen LogP contribution in [0.1, 0.15) is 27.2 Å². The van der Waals surface area contributed by atoms with Gasteiger partial charge >= 0.3 is 7.60 Å². The van der Waals surface area contributed by atoms with Crippen LogP contribution in [-0.2, 0) is 13.6 Å². The minimum Gasteiger partial charge on any atom is -0.377 e. The van der Waals surface area contributed by atoms with Gasteiger partial charge < -0.3 is 14.2 Å². The Kier molecular flexibility index (Phi) is 2.16. The van der Waals surface area contributed by atoms with Crippen molar-refractivity contribution in [2.24, 2.45) is 0 Å². The van der Waals surface area contributed by atoms with Crippen LogP contribution in [0.15, 0.2) is 0 Å². The Morgan fingerprint density at radius 2 is 2.00 bits per heavy atom. The van der Waals surface area contributed by atoms with Gasteiger partial charge in [0, 0.05) is 13.5 Å². The highest BCUT2D eigenvalue weighted by molar-refractivity contribution is 7.55. The maximum atomic E-state index is 11.8. The van der Waals surface area contributed by atoms with Crippen LogP contribution in [0.25, 0.3) is 0 Å². The SMILES string of the molecule is COP1(=O)OC(C)(C)CC1(C)O. The number of hydrogen-bond donors (Lipinski definition) is 1. The Balaban J connectivity index is 3.00. The van der Waals surface area contributed by atoms with Gasteiger partial charge in [0.25, 0.3) is 0 Å². The van der Waals surface area contributed by atoms with E-state index < -0.39 is 18.5 Å². The van der Waals surface area contributed by atoms with Crippen LogP contribution in [-0.4, -0.2) is 23.2 Å². The number of hydrogen-bond acceptors (Lipinski definition) is 4. The molecule has 2 unspecified atom stereocenters. The van der Waals surface area contributed by atoms with Crippen molar-refractivity contribution in [3.05, 3.63) is 0 Å². The predicted molar refractivity (Wildman–Crippen MR) is 45.0 cm³/mol. The molecule has 2 atom stereocenters. The van der Waals surface area contributed by atoms with Crippen molar-refractivity contribution in [3.63, 3.8) is 0 Å². The largest absolute Gasteiger partial charge is 0.377 e. The van der Waals surface area contributed by atoms with Crippen LogP contribution < -0.4 is 0 Å². The summed E-state index contributed by atoms with van der Waals surface area (Å²) in [6.45, 7) is 5.03. The third-order valence-electron chi connectivity index (χ3n) is 1.96. The van der Waals surface area contributed by atoms with E-state index in [1.54, 1.807) is 13.8 Å². The van der Waals surface area contributed by atoms with E-state index >= 15 is 0 Å². The van der Waals surface area contributed by atoms with Gasteiger partial charge in [-0.1, -0.05) is 0 Å². The quantitative estimate of drug-likeness (QED) is 0.646. The molecule has 5 heteroatoms. The molecule has 1 N–H and O–H groups in total. The van der Waals surface area contributed by atoms with Gasteiger partial charge in [0.15, 0.2) is 5.34 Å². The zero-order valence-electron chi connectivity index (χ0n) is 7.83. The van der Waals surface area contributed by atoms with Gasteiger partial charge in [-0.15, -0.1) is 0 Å². The lowest BCUT2D eigenvalue weighted by atomic mass is 10.0. The summed E-state index contributed by atoms with van der Waals surface area (Å²) in [7, 11) is -2.03. The summed E-state index contributed by atoms with van der Waals surface area (Å²) in [6.07, 6.45) is 0.325. The van der Waals surface area contributed by atoms with Crippen molar-refractivity contribution in [1.29, 1.82) is 0 Å². The summed E-state index contributed by atoms with van der Waals surface area (Å²) >= 11 is 0. The molecular weight excluding hydrogens is 179 g/mol. The standard InChI is InChI=1S/C7H15O4P/c1-6(2)5-7(3,8)12(9,10-4)11-6/h8H,5H2,1-4H3. The molecule has 0 spiro atoms. The van der Waals surface area contributed by atoms with Gasteiger partial charge in [-0.25, -0.2) is 0 Å². The molecular formula is C7H15O4P. The first-order valence-electron chi connectivity index (χ1n) is 3.81. The lowest BCUT2D eigenvalue weighted by molar-refractivity contribution is 0.0928. The Labute approximate surface area is 72.4 Å². The molecule has 1 rings (SSSR count). The molecule has 4 nitrogen and oxygen atoms in total. The Morgan fingerprint density at radius 3 is 2.17 bits per heavy atom. The van der Waals surface area contributed by atoms with E-state index in [-0.39, 0.29) is 0 Å². The second-order valence-electron chi connectivity index (χ2n) is 3.92. The van der Waals surface area contributed by atoms with Crippen LogP contribution in [0.5, 0.6) is 0 Å². The maximum Gasteiger partial charge on any atom is 0.361 e. The first kappa shape index (κ1) is 10.2. The van der Waals surface area contributed by atoms with Crippen molar-refractivity contribution in [2.45, 2.75) is 38.1 Å². The van der Waals surface area contributed by atoms with Crippen LogP contribution in [0.2, 0.25) is 0 Å². The second-order valence-corrected chi connectivity index (χ2v) is 6.43. The Bertz CT molecular complexity index is 234. The topological polar surface area (TPSA) is 55.8 Å². The molecule has 1 heterocycles. The Hall–Kier alpha value is 0.110. The molecule has 1 aliphatic heterocycles. The second kappa shape index (κ2) is 2.55. The molecule has 0 radical (unpaired) electrons. The molecule has 0 aromatic carbocycles. The Morgan fingerprint density at radius 1 is 1.50 bits per heavy atom. The van der Waals surface area contributed by atoms with E-state index in [1.165, 1.54) is 14.0 Å². The van der Waals surface area contributed by atoms with Crippen molar-refractivity contribution >= 4 is 7.60 Å². The first-order valence-corrected chi connectivity index (χ1v) is 5.36. The van der Waals surface area contributed by atoms with Crippen LogP contribution in [0.4, 0.5) is 0 Å². The van der Waals surface area contributed by atoms with E-state index in [0.717, 1.165) is 0 Å². The van der Waals surface area contributed by atoms with E-state index in [9.17, 15) is 9.67 Å². The predicted octanol–water partition coefficient (Wildman–Crippen LogP) is 1.73. The van der Waals surface area contributed by atoms with E-state index in [1.807, 2.05) is 0 Å². The maximum absolute atomic E-state index is 11.8. The summed E-state index contributed by atoms with van der Waals surface area (Å²) in [5.74, 6) is 0. The average Bonchev–Trinajstić information content (AvgIpc) is 1.98. The summed E-state index contributed by atoms with van der Waals surface area (Å²) in [6, 6.07) is 0. The lowest BCUT2D eigenvalue weighted by Crippen LogP contribution is -2.24. The van der Waals surface area contributed by atoms with Crippen molar-refractivity contribution in [3.8, 4) is 0 Å². The molecule has 72 valence electrons. The van der Waals surface area contributed by atoms with Gasteiger partial charge in [0.2, 0.25) is 0 Å². The first-order chi connectivity index (χ1) is 5.22. The highest BCUT2D eigenvalue weighted by Crippen LogP contribution is 2.68. The van der Waals surface area contributed by atoms with Gasteiger partial charge in [-0.3, -0.25) is 4.57 Å². The van der Waals surface area contributed by atoms with Crippen molar-refractivity contribution in [1.82, 2.24) is 0 Å². The lowest BCUT2D eigenvalue weighted by Gasteiger charge is -2.20. The van der Waals surface area contributed by atoms with Crippen LogP contribution in [0.3, 0.4) is 0 Å². The summed E-state index contributed by atoms with van der Waals surface area (Å²) in [4.78, 5) is 0. The summed E-state index contributed by atoms with van der Waals surface area (Å²) in [5.41, 5.74) is -0.574. The van der Waals surface area contributed by atoms with E-state index in [0.29, 0.717) is 6.42 Å². The third-order valence-corrected chi connectivity index (χ3v) is 4.51. The minimum atomic E-state index is -3.32. The zero-order chi connectivity index (χ0) is 9.62. The average molecular weight is 194 g/mol. The highest BCUT2D eigenvalue weighted by atomic mass is 31.2. The van der Waals surface area contributed by atoms with Gasteiger partial charge in [0.1, 0.15) is 0 Å².